The molecule has 2 atom stereocenters. The molecule has 1 aromatic heterocycles. The maximum Gasteiger partial charge on any atom is 0.226 e. The maximum absolute atomic E-state index is 12.7. The summed E-state index contributed by atoms with van der Waals surface area (Å²) in [6.07, 6.45) is 4.47. The summed E-state index contributed by atoms with van der Waals surface area (Å²) in [6.45, 7) is 5.57. The number of carbonyl (C=O) groups is 1. The molecule has 2 N–H and O–H groups in total. The molecule has 5 heteroatoms. The molecule has 2 aliphatic rings. The van der Waals surface area contributed by atoms with Crippen LogP contribution in [-0.2, 0) is 11.2 Å². The Balaban J connectivity index is 1.44. The minimum Gasteiger partial charge on any atom is -0.340 e. The third-order valence-corrected chi connectivity index (χ3v) is 6.15. The largest absolute Gasteiger partial charge is 0.340 e. The Morgan fingerprint density at radius 3 is 2.77 bits per heavy atom. The highest BCUT2D eigenvalue weighted by Gasteiger charge is 2.35. The van der Waals surface area contributed by atoms with Gasteiger partial charge >= 0.3 is 0 Å². The summed E-state index contributed by atoms with van der Waals surface area (Å²) in [7, 11) is 0. The predicted molar refractivity (Wildman–Crippen MR) is 90.9 cm³/mol. The fraction of sp³-hybridized carbons (Fsp3) is 0.706. The highest BCUT2D eigenvalue weighted by molar-refractivity contribution is 7.09. The zero-order chi connectivity index (χ0) is 15.4. The van der Waals surface area contributed by atoms with Crippen LogP contribution in [0.2, 0.25) is 0 Å². The zero-order valence-electron chi connectivity index (χ0n) is 13.2. The van der Waals surface area contributed by atoms with Crippen molar-refractivity contribution in [1.29, 1.82) is 0 Å². The molecule has 122 valence electrons. The van der Waals surface area contributed by atoms with Crippen molar-refractivity contribution in [2.24, 2.45) is 17.6 Å². The van der Waals surface area contributed by atoms with Crippen LogP contribution in [0.25, 0.3) is 0 Å². The molecule has 2 heterocycles. The molecule has 3 rings (SSSR count). The van der Waals surface area contributed by atoms with E-state index in [-0.39, 0.29) is 5.92 Å². The first kappa shape index (κ1) is 16.0. The Labute approximate surface area is 137 Å². The second kappa shape index (κ2) is 7.57. The third-order valence-electron chi connectivity index (χ3n) is 5.22. The summed E-state index contributed by atoms with van der Waals surface area (Å²) >= 11 is 1.83. The average molecular weight is 321 g/mol. The first-order chi connectivity index (χ1) is 10.8. The van der Waals surface area contributed by atoms with Crippen molar-refractivity contribution in [3.05, 3.63) is 22.4 Å². The smallest absolute Gasteiger partial charge is 0.226 e. The van der Waals surface area contributed by atoms with Crippen LogP contribution in [-0.4, -0.2) is 55.0 Å². The molecular weight excluding hydrogens is 294 g/mol. The van der Waals surface area contributed by atoms with Crippen molar-refractivity contribution in [1.82, 2.24) is 9.80 Å². The van der Waals surface area contributed by atoms with E-state index in [0.717, 1.165) is 52.0 Å². The summed E-state index contributed by atoms with van der Waals surface area (Å²) in [5, 5.41) is 2.14. The van der Waals surface area contributed by atoms with E-state index >= 15 is 0 Å². The van der Waals surface area contributed by atoms with Crippen molar-refractivity contribution < 1.29 is 4.79 Å². The molecule has 0 spiro atoms. The number of thiophene rings is 1. The molecular formula is C17H27N3OS. The van der Waals surface area contributed by atoms with Gasteiger partial charge in [0.1, 0.15) is 0 Å². The molecule has 1 saturated carbocycles. The van der Waals surface area contributed by atoms with Gasteiger partial charge in [0.2, 0.25) is 5.91 Å². The SMILES string of the molecule is NC[C@H]1CCC[C@H]1C(=O)N1CCN(CCc2cccs2)CC1. The summed E-state index contributed by atoms with van der Waals surface area (Å²) in [6, 6.07) is 4.32. The Bertz CT molecular complexity index is 468. The van der Waals surface area contributed by atoms with Crippen molar-refractivity contribution in [2.45, 2.75) is 25.7 Å². The number of rotatable bonds is 5. The van der Waals surface area contributed by atoms with Gasteiger partial charge in [-0.05, 0) is 43.2 Å². The number of piperazine rings is 1. The van der Waals surface area contributed by atoms with Gasteiger partial charge in [-0.25, -0.2) is 0 Å². The lowest BCUT2D eigenvalue weighted by Gasteiger charge is -2.36. The highest BCUT2D eigenvalue weighted by Crippen LogP contribution is 2.32. The fourth-order valence-corrected chi connectivity index (χ4v) is 4.49. The fourth-order valence-electron chi connectivity index (χ4n) is 3.79. The van der Waals surface area contributed by atoms with Crippen LogP contribution in [0.3, 0.4) is 0 Å². The summed E-state index contributed by atoms with van der Waals surface area (Å²) in [5.74, 6) is 0.984. The Hall–Kier alpha value is -0.910. The predicted octanol–water partition coefficient (Wildman–Crippen LogP) is 1.81. The molecule has 1 aromatic rings. The molecule has 22 heavy (non-hydrogen) atoms. The van der Waals surface area contributed by atoms with Crippen molar-refractivity contribution in [2.75, 3.05) is 39.3 Å². The first-order valence-corrected chi connectivity index (χ1v) is 9.39. The maximum atomic E-state index is 12.7. The van der Waals surface area contributed by atoms with Crippen LogP contribution >= 0.6 is 11.3 Å². The Morgan fingerprint density at radius 2 is 2.09 bits per heavy atom. The topological polar surface area (TPSA) is 49.6 Å². The number of nitrogens with two attached hydrogens (primary N) is 1. The summed E-state index contributed by atoms with van der Waals surface area (Å²) in [4.78, 5) is 18.7. The van der Waals surface area contributed by atoms with Gasteiger partial charge in [-0.1, -0.05) is 12.5 Å². The van der Waals surface area contributed by atoms with E-state index in [9.17, 15) is 4.79 Å². The highest BCUT2D eigenvalue weighted by atomic mass is 32.1. The zero-order valence-corrected chi connectivity index (χ0v) is 14.1. The van der Waals surface area contributed by atoms with Gasteiger partial charge < -0.3 is 10.6 Å². The average Bonchev–Trinajstić information content (AvgIpc) is 3.23. The lowest BCUT2D eigenvalue weighted by Crippen LogP contribution is -2.51. The monoisotopic (exact) mass is 321 g/mol. The molecule has 0 radical (unpaired) electrons. The first-order valence-electron chi connectivity index (χ1n) is 8.51. The lowest BCUT2D eigenvalue weighted by molar-refractivity contribution is -0.138. The van der Waals surface area contributed by atoms with E-state index in [1.54, 1.807) is 0 Å². The minimum atomic E-state index is 0.197. The molecule has 1 aliphatic carbocycles. The van der Waals surface area contributed by atoms with Gasteiger partial charge in [0, 0.05) is 43.5 Å². The molecule has 4 nitrogen and oxygen atoms in total. The van der Waals surface area contributed by atoms with Crippen molar-refractivity contribution >= 4 is 17.2 Å². The van der Waals surface area contributed by atoms with Gasteiger partial charge in [-0.15, -0.1) is 11.3 Å². The number of nitrogens with zero attached hydrogens (tertiary/aromatic N) is 2. The Morgan fingerprint density at radius 1 is 1.27 bits per heavy atom. The summed E-state index contributed by atoms with van der Waals surface area (Å²) in [5.41, 5.74) is 5.82. The van der Waals surface area contributed by atoms with E-state index in [4.69, 9.17) is 5.73 Å². The van der Waals surface area contributed by atoms with E-state index in [1.807, 2.05) is 11.3 Å². The number of carbonyl (C=O) groups excluding carboxylic acids is 1. The quantitative estimate of drug-likeness (QED) is 0.900. The minimum absolute atomic E-state index is 0.197. The normalized spacial score (nSPS) is 26.5. The second-order valence-corrected chi connectivity index (χ2v) is 7.56. The molecule has 1 amide bonds. The Kier molecular flexibility index (Phi) is 5.50. The van der Waals surface area contributed by atoms with Crippen LogP contribution < -0.4 is 5.73 Å². The molecule has 1 aliphatic heterocycles. The third kappa shape index (κ3) is 3.70. The van der Waals surface area contributed by atoms with Crippen molar-refractivity contribution in [3.8, 4) is 0 Å². The lowest BCUT2D eigenvalue weighted by atomic mass is 9.94. The molecule has 2 fully saturated rings. The molecule has 0 bridgehead atoms. The molecule has 0 aromatic carbocycles. The molecule has 1 saturated heterocycles. The van der Waals surface area contributed by atoms with Gasteiger partial charge in [0.05, 0.1) is 0 Å². The van der Waals surface area contributed by atoms with Crippen molar-refractivity contribution in [3.63, 3.8) is 0 Å². The van der Waals surface area contributed by atoms with Crippen LogP contribution in [0.1, 0.15) is 24.1 Å². The number of amides is 1. The van der Waals surface area contributed by atoms with Gasteiger partial charge in [-0.2, -0.15) is 0 Å². The van der Waals surface area contributed by atoms with Crippen LogP contribution in [0.15, 0.2) is 17.5 Å². The van der Waals surface area contributed by atoms with E-state index in [0.29, 0.717) is 18.4 Å². The number of hydrogen-bond acceptors (Lipinski definition) is 4. The van der Waals surface area contributed by atoms with Gasteiger partial charge in [0.25, 0.3) is 0 Å². The second-order valence-electron chi connectivity index (χ2n) is 6.53. The molecule has 0 unspecified atom stereocenters. The van der Waals surface area contributed by atoms with E-state index in [1.165, 1.54) is 11.3 Å². The number of hydrogen-bond donors (Lipinski definition) is 1. The van der Waals surface area contributed by atoms with Gasteiger partial charge in [-0.3, -0.25) is 9.69 Å². The standard InChI is InChI=1S/C17H27N3OS/c18-13-14-3-1-5-16(14)17(21)20-10-8-19(9-11-20)7-6-15-4-2-12-22-15/h2,4,12,14,16H,1,3,5-11,13,18H2/t14-,16-/m1/s1. The van der Waals surface area contributed by atoms with Gasteiger partial charge in [0.15, 0.2) is 0 Å². The van der Waals surface area contributed by atoms with E-state index in [2.05, 4.69) is 27.3 Å². The van der Waals surface area contributed by atoms with Crippen LogP contribution in [0.5, 0.6) is 0 Å². The van der Waals surface area contributed by atoms with E-state index < -0.39 is 0 Å². The summed E-state index contributed by atoms with van der Waals surface area (Å²) < 4.78 is 0. The van der Waals surface area contributed by atoms with Crippen LogP contribution in [0.4, 0.5) is 0 Å². The van der Waals surface area contributed by atoms with Crippen LogP contribution in [0, 0.1) is 11.8 Å².